The van der Waals surface area contributed by atoms with E-state index >= 15 is 0 Å². The molecule has 3 rings (SSSR count). The van der Waals surface area contributed by atoms with Gasteiger partial charge in [-0.2, -0.15) is 0 Å². The van der Waals surface area contributed by atoms with E-state index in [1.165, 1.54) is 0 Å². The molecular formula is C11H8N4. The minimum absolute atomic E-state index is 0.950. The number of fused-ring (bicyclic) bond motifs is 1. The van der Waals surface area contributed by atoms with Crippen LogP contribution in [0.5, 0.6) is 0 Å². The minimum Gasteiger partial charge on any atom is -0.262 e. The molecule has 0 unspecified atom stereocenters. The van der Waals surface area contributed by atoms with Gasteiger partial charge in [0.2, 0.25) is 0 Å². The first kappa shape index (κ1) is 8.11. The van der Waals surface area contributed by atoms with Gasteiger partial charge < -0.3 is 0 Å². The fraction of sp³-hybridized carbons (Fsp3) is 0. The first-order valence-corrected chi connectivity index (χ1v) is 4.64. The predicted octanol–water partition coefficient (Wildman–Crippen LogP) is 1.82. The second-order valence-electron chi connectivity index (χ2n) is 3.23. The van der Waals surface area contributed by atoms with E-state index < -0.39 is 0 Å². The highest BCUT2D eigenvalue weighted by molar-refractivity contribution is 5.88. The van der Waals surface area contributed by atoms with Crippen LogP contribution in [0.15, 0.2) is 49.1 Å². The Balaban J connectivity index is 2.36. The van der Waals surface area contributed by atoms with Crippen LogP contribution in [0.2, 0.25) is 0 Å². The van der Waals surface area contributed by atoms with Crippen LogP contribution >= 0.6 is 0 Å². The zero-order valence-electron chi connectivity index (χ0n) is 7.91. The van der Waals surface area contributed by atoms with E-state index in [2.05, 4.69) is 15.3 Å². The van der Waals surface area contributed by atoms with Gasteiger partial charge in [-0.1, -0.05) is 29.5 Å². The van der Waals surface area contributed by atoms with Crippen molar-refractivity contribution in [1.82, 2.24) is 20.0 Å². The van der Waals surface area contributed by atoms with Crippen LogP contribution in [-0.4, -0.2) is 20.0 Å². The molecule has 0 bridgehead atoms. The molecule has 2 aromatic heterocycles. The largest absolute Gasteiger partial charge is 0.262 e. The van der Waals surface area contributed by atoms with Gasteiger partial charge in [-0.15, -0.1) is 5.10 Å². The molecule has 0 aliphatic heterocycles. The van der Waals surface area contributed by atoms with Gasteiger partial charge in [0, 0.05) is 17.0 Å². The number of benzene rings is 1. The van der Waals surface area contributed by atoms with Crippen molar-refractivity contribution >= 4 is 10.8 Å². The molecular weight excluding hydrogens is 188 g/mol. The van der Waals surface area contributed by atoms with Gasteiger partial charge in [0.05, 0.1) is 24.3 Å². The van der Waals surface area contributed by atoms with Crippen molar-refractivity contribution in [1.29, 1.82) is 0 Å². The van der Waals surface area contributed by atoms with Crippen molar-refractivity contribution in [2.24, 2.45) is 0 Å². The summed E-state index contributed by atoms with van der Waals surface area (Å²) in [5.74, 6) is 0. The molecule has 0 saturated carbocycles. The smallest absolute Gasteiger partial charge is 0.0924 e. The van der Waals surface area contributed by atoms with E-state index in [-0.39, 0.29) is 0 Å². The van der Waals surface area contributed by atoms with Crippen LogP contribution in [-0.2, 0) is 0 Å². The Labute approximate surface area is 86.2 Å². The van der Waals surface area contributed by atoms with Crippen molar-refractivity contribution < 1.29 is 0 Å². The molecule has 0 aliphatic carbocycles. The summed E-state index contributed by atoms with van der Waals surface area (Å²) < 4.78 is 1.72. The average molecular weight is 196 g/mol. The topological polar surface area (TPSA) is 43.6 Å². The molecule has 1 aromatic carbocycles. The molecule has 0 atom stereocenters. The first-order valence-electron chi connectivity index (χ1n) is 4.64. The molecule has 0 saturated heterocycles. The number of rotatable bonds is 1. The number of hydrogen-bond donors (Lipinski definition) is 0. The molecule has 0 spiro atoms. The zero-order valence-corrected chi connectivity index (χ0v) is 7.91. The van der Waals surface area contributed by atoms with Gasteiger partial charge in [-0.05, 0) is 0 Å². The van der Waals surface area contributed by atoms with Crippen molar-refractivity contribution in [3.63, 3.8) is 0 Å². The van der Waals surface area contributed by atoms with Gasteiger partial charge in [0.25, 0.3) is 0 Å². The summed E-state index contributed by atoms with van der Waals surface area (Å²) in [6.45, 7) is 0. The van der Waals surface area contributed by atoms with Crippen LogP contribution < -0.4 is 0 Å². The molecule has 15 heavy (non-hydrogen) atoms. The quantitative estimate of drug-likeness (QED) is 0.596. The van der Waals surface area contributed by atoms with E-state index in [9.17, 15) is 0 Å². The van der Waals surface area contributed by atoms with Crippen molar-refractivity contribution in [2.45, 2.75) is 0 Å². The Morgan fingerprint density at radius 2 is 2.00 bits per heavy atom. The van der Waals surface area contributed by atoms with Gasteiger partial charge in [-0.3, -0.25) is 4.98 Å². The molecule has 0 amide bonds. The maximum atomic E-state index is 4.18. The molecule has 3 aromatic rings. The highest BCUT2D eigenvalue weighted by Crippen LogP contribution is 2.19. The van der Waals surface area contributed by atoms with Crippen molar-refractivity contribution in [3.8, 4) is 5.69 Å². The highest BCUT2D eigenvalue weighted by atomic mass is 15.4. The lowest BCUT2D eigenvalue weighted by Crippen LogP contribution is -1.96. The van der Waals surface area contributed by atoms with Crippen LogP contribution in [0.25, 0.3) is 16.5 Å². The average Bonchev–Trinajstić information content (AvgIpc) is 2.82. The molecule has 0 N–H and O–H groups in total. The Morgan fingerprint density at radius 3 is 2.87 bits per heavy atom. The SMILES string of the molecule is c1ccc2c(-n3ccnn3)cncc2c1. The summed E-state index contributed by atoms with van der Waals surface area (Å²) in [4.78, 5) is 4.18. The lowest BCUT2D eigenvalue weighted by molar-refractivity contribution is 0.805. The summed E-state index contributed by atoms with van der Waals surface area (Å²) in [6.07, 6.45) is 7.10. The van der Waals surface area contributed by atoms with Crippen LogP contribution in [0.4, 0.5) is 0 Å². The summed E-state index contributed by atoms with van der Waals surface area (Å²) >= 11 is 0. The third-order valence-corrected chi connectivity index (χ3v) is 2.32. The third kappa shape index (κ3) is 1.27. The monoisotopic (exact) mass is 196 g/mol. The fourth-order valence-electron chi connectivity index (χ4n) is 1.62. The second kappa shape index (κ2) is 3.16. The molecule has 0 aliphatic rings. The van der Waals surface area contributed by atoms with E-state index in [0.717, 1.165) is 16.5 Å². The summed E-state index contributed by atoms with van der Waals surface area (Å²) in [5.41, 5.74) is 0.950. The molecule has 4 heteroatoms. The standard InChI is InChI=1S/C11H8N4/c1-2-4-10-9(3-1)7-12-8-11(10)15-6-5-13-14-15/h1-8H. The van der Waals surface area contributed by atoms with Gasteiger partial charge >= 0.3 is 0 Å². The Morgan fingerprint density at radius 1 is 1.07 bits per heavy atom. The number of aromatic nitrogens is 4. The highest BCUT2D eigenvalue weighted by Gasteiger charge is 2.02. The molecule has 0 radical (unpaired) electrons. The third-order valence-electron chi connectivity index (χ3n) is 2.32. The Hall–Kier alpha value is -2.23. The van der Waals surface area contributed by atoms with E-state index in [1.54, 1.807) is 17.1 Å². The Kier molecular flexibility index (Phi) is 1.71. The molecule has 4 nitrogen and oxygen atoms in total. The number of hydrogen-bond acceptors (Lipinski definition) is 3. The van der Waals surface area contributed by atoms with E-state index in [0.29, 0.717) is 0 Å². The molecule has 2 heterocycles. The van der Waals surface area contributed by atoms with Crippen LogP contribution in [0, 0.1) is 0 Å². The van der Waals surface area contributed by atoms with Gasteiger partial charge in [0.1, 0.15) is 0 Å². The summed E-state index contributed by atoms with van der Waals surface area (Å²) in [5, 5.41) is 9.98. The first-order chi connectivity index (χ1) is 7.45. The predicted molar refractivity (Wildman–Crippen MR) is 56.7 cm³/mol. The minimum atomic E-state index is 0.950. The lowest BCUT2D eigenvalue weighted by atomic mass is 10.1. The van der Waals surface area contributed by atoms with Crippen molar-refractivity contribution in [3.05, 3.63) is 49.1 Å². The number of nitrogens with zero attached hydrogens (tertiary/aromatic N) is 4. The molecule has 0 fully saturated rings. The maximum Gasteiger partial charge on any atom is 0.0924 e. The summed E-state index contributed by atoms with van der Waals surface area (Å²) in [7, 11) is 0. The fourth-order valence-corrected chi connectivity index (χ4v) is 1.62. The van der Waals surface area contributed by atoms with Crippen LogP contribution in [0.3, 0.4) is 0 Å². The van der Waals surface area contributed by atoms with Crippen LogP contribution in [0.1, 0.15) is 0 Å². The van der Waals surface area contributed by atoms with Gasteiger partial charge in [0.15, 0.2) is 0 Å². The van der Waals surface area contributed by atoms with Gasteiger partial charge in [-0.25, -0.2) is 4.68 Å². The molecule has 72 valence electrons. The zero-order chi connectivity index (χ0) is 10.1. The second-order valence-corrected chi connectivity index (χ2v) is 3.23. The summed E-state index contributed by atoms with van der Waals surface area (Å²) in [6, 6.07) is 8.08. The van der Waals surface area contributed by atoms with E-state index in [1.807, 2.05) is 36.7 Å². The normalized spacial score (nSPS) is 10.7. The van der Waals surface area contributed by atoms with Crippen molar-refractivity contribution in [2.75, 3.05) is 0 Å². The maximum absolute atomic E-state index is 4.18. The Bertz CT molecular complexity index is 581. The number of pyridine rings is 1. The van der Waals surface area contributed by atoms with E-state index in [4.69, 9.17) is 0 Å². The lowest BCUT2D eigenvalue weighted by Gasteiger charge is -2.03.